The van der Waals surface area contributed by atoms with E-state index in [-0.39, 0.29) is 5.84 Å². The van der Waals surface area contributed by atoms with E-state index in [1.54, 1.807) is 31.2 Å². The molecule has 0 bridgehead atoms. The molecule has 0 radical (unpaired) electrons. The molecule has 4 heteroatoms. The molecule has 0 amide bonds. The number of nitrogens with two attached hydrogens (primary N) is 1. The number of hydrogen-bond donors (Lipinski definition) is 2. The second-order valence-corrected chi connectivity index (χ2v) is 2.81. The number of nitrogens with zero attached hydrogens (tertiary/aromatic N) is 1. The first-order valence-corrected chi connectivity index (χ1v) is 4.17. The van der Waals surface area contributed by atoms with Crippen molar-refractivity contribution in [3.05, 3.63) is 29.8 Å². The van der Waals surface area contributed by atoms with Crippen molar-refractivity contribution in [2.45, 2.75) is 6.92 Å². The number of hydrogen-bond acceptors (Lipinski definition) is 3. The molecule has 0 saturated heterocycles. The summed E-state index contributed by atoms with van der Waals surface area (Å²) in [5.74, 6) is 0.606. The highest BCUT2D eigenvalue weighted by molar-refractivity contribution is 6.03. The molecule has 0 aromatic heterocycles. The van der Waals surface area contributed by atoms with Gasteiger partial charge >= 0.3 is 0 Å². The van der Waals surface area contributed by atoms with Gasteiger partial charge < -0.3 is 10.5 Å². The number of amidine groups is 1. The Balaban J connectivity index is 2.90. The topological polar surface area (TPSA) is 71.5 Å². The number of rotatable bonds is 1. The second-order valence-electron chi connectivity index (χ2n) is 2.81. The molecule has 0 aliphatic heterocycles. The van der Waals surface area contributed by atoms with E-state index in [0.29, 0.717) is 17.1 Å². The van der Waals surface area contributed by atoms with Gasteiger partial charge in [0.1, 0.15) is 0 Å². The summed E-state index contributed by atoms with van der Waals surface area (Å²) in [5, 5.41) is 7.64. The van der Waals surface area contributed by atoms with Crippen molar-refractivity contribution >= 4 is 17.4 Å². The van der Waals surface area contributed by atoms with Crippen LogP contribution in [0.3, 0.4) is 0 Å². The lowest BCUT2D eigenvalue weighted by atomic mass is 10.2. The van der Waals surface area contributed by atoms with E-state index >= 15 is 0 Å². The molecule has 4 nitrogen and oxygen atoms in total. The van der Waals surface area contributed by atoms with Crippen LogP contribution in [0.5, 0.6) is 0 Å². The lowest BCUT2D eigenvalue weighted by molar-refractivity contribution is 0.401. The lowest BCUT2D eigenvalue weighted by Crippen LogP contribution is -2.02. The molecule has 0 unspecified atom stereocenters. The average Bonchev–Trinajstić information content (AvgIpc) is 2.17. The van der Waals surface area contributed by atoms with Gasteiger partial charge in [0.05, 0.1) is 7.11 Å². The molecule has 1 aromatic carbocycles. The zero-order valence-electron chi connectivity index (χ0n) is 8.24. The van der Waals surface area contributed by atoms with Gasteiger partial charge in [0.15, 0.2) is 11.7 Å². The highest BCUT2D eigenvalue weighted by atomic mass is 16.5. The Morgan fingerprint density at radius 3 is 2.79 bits per heavy atom. The Kier molecular flexibility index (Phi) is 3.23. The summed E-state index contributed by atoms with van der Waals surface area (Å²) in [6.07, 6.45) is 0. The van der Waals surface area contributed by atoms with E-state index in [2.05, 4.69) is 4.99 Å². The predicted octanol–water partition coefficient (Wildman–Crippen LogP) is 1.66. The zero-order valence-corrected chi connectivity index (χ0v) is 8.24. The predicted molar refractivity (Wildman–Crippen MR) is 57.8 cm³/mol. The Morgan fingerprint density at radius 2 is 2.21 bits per heavy atom. The molecule has 1 rings (SSSR count). The minimum atomic E-state index is 0.150. The van der Waals surface area contributed by atoms with Gasteiger partial charge in [-0.3, -0.25) is 5.41 Å². The minimum Gasteiger partial charge on any atom is -0.484 e. The molecule has 0 atom stereocenters. The molecule has 0 saturated carbocycles. The summed E-state index contributed by atoms with van der Waals surface area (Å²) >= 11 is 0. The van der Waals surface area contributed by atoms with E-state index in [1.165, 1.54) is 7.11 Å². The second kappa shape index (κ2) is 4.41. The van der Waals surface area contributed by atoms with Gasteiger partial charge in [-0.25, -0.2) is 0 Å². The van der Waals surface area contributed by atoms with E-state index in [0.717, 1.165) is 0 Å². The summed E-state index contributed by atoms with van der Waals surface area (Å²) in [4.78, 5) is 3.93. The number of aliphatic imine (C=N–C) groups is 1. The summed E-state index contributed by atoms with van der Waals surface area (Å²) < 4.78 is 4.85. The van der Waals surface area contributed by atoms with Crippen molar-refractivity contribution in [1.82, 2.24) is 0 Å². The molecule has 0 fully saturated rings. The first kappa shape index (κ1) is 10.2. The smallest absolute Gasteiger partial charge is 0.186 e. The van der Waals surface area contributed by atoms with E-state index in [4.69, 9.17) is 15.9 Å². The van der Waals surface area contributed by atoms with Crippen LogP contribution >= 0.6 is 0 Å². The van der Waals surface area contributed by atoms with Crippen LogP contribution in [-0.4, -0.2) is 18.8 Å². The van der Waals surface area contributed by atoms with Crippen LogP contribution in [0, 0.1) is 5.41 Å². The standard InChI is InChI=1S/C10H13N3O/c1-7(14-2)13-10(12)8-4-3-5-9(11)6-8/h3-6,12H,11H2,1-2H3/b12-10?,13-7-. The Labute approximate surface area is 82.9 Å². The SMILES string of the molecule is CO/C(C)=N\C(=N)c1cccc(N)c1. The summed E-state index contributed by atoms with van der Waals surface area (Å²) in [7, 11) is 1.52. The van der Waals surface area contributed by atoms with Crippen LogP contribution in [-0.2, 0) is 4.74 Å². The monoisotopic (exact) mass is 191 g/mol. The summed E-state index contributed by atoms with van der Waals surface area (Å²) in [6.45, 7) is 1.70. The van der Waals surface area contributed by atoms with E-state index in [9.17, 15) is 0 Å². The van der Waals surface area contributed by atoms with Crippen molar-refractivity contribution in [2.75, 3.05) is 12.8 Å². The number of nitrogen functional groups attached to an aromatic ring is 1. The van der Waals surface area contributed by atoms with Gasteiger partial charge in [0.25, 0.3) is 0 Å². The number of anilines is 1. The van der Waals surface area contributed by atoms with Crippen LogP contribution < -0.4 is 5.73 Å². The van der Waals surface area contributed by atoms with Gasteiger partial charge in [-0.1, -0.05) is 12.1 Å². The van der Waals surface area contributed by atoms with Crippen molar-refractivity contribution in [1.29, 1.82) is 5.41 Å². The third kappa shape index (κ3) is 2.58. The van der Waals surface area contributed by atoms with Gasteiger partial charge in [-0.2, -0.15) is 4.99 Å². The average molecular weight is 191 g/mol. The van der Waals surface area contributed by atoms with Crippen LogP contribution in [0.1, 0.15) is 12.5 Å². The maximum Gasteiger partial charge on any atom is 0.186 e. The quantitative estimate of drug-likeness (QED) is 0.402. The fourth-order valence-corrected chi connectivity index (χ4v) is 0.954. The molecule has 0 heterocycles. The Hall–Kier alpha value is -1.84. The zero-order chi connectivity index (χ0) is 10.6. The Morgan fingerprint density at radius 1 is 1.50 bits per heavy atom. The van der Waals surface area contributed by atoms with Crippen molar-refractivity contribution < 1.29 is 4.74 Å². The van der Waals surface area contributed by atoms with Gasteiger partial charge in [-0.05, 0) is 12.1 Å². The molecule has 74 valence electrons. The highest BCUT2D eigenvalue weighted by Crippen LogP contribution is 2.07. The number of benzene rings is 1. The summed E-state index contributed by atoms with van der Waals surface area (Å²) in [5.41, 5.74) is 6.89. The molecule has 3 N–H and O–H groups in total. The first-order valence-electron chi connectivity index (χ1n) is 4.17. The Bertz CT molecular complexity index is 371. The van der Waals surface area contributed by atoms with Gasteiger partial charge in [-0.15, -0.1) is 0 Å². The number of nitrogens with one attached hydrogen (secondary N) is 1. The van der Waals surface area contributed by atoms with Crippen molar-refractivity contribution in [3.63, 3.8) is 0 Å². The van der Waals surface area contributed by atoms with Crippen molar-refractivity contribution in [2.24, 2.45) is 4.99 Å². The highest BCUT2D eigenvalue weighted by Gasteiger charge is 2.00. The minimum absolute atomic E-state index is 0.150. The third-order valence-electron chi connectivity index (χ3n) is 1.72. The molecule has 1 aromatic rings. The van der Waals surface area contributed by atoms with Gasteiger partial charge in [0, 0.05) is 18.2 Å². The van der Waals surface area contributed by atoms with E-state index in [1.807, 2.05) is 0 Å². The summed E-state index contributed by atoms with van der Waals surface area (Å²) in [6, 6.07) is 7.04. The maximum atomic E-state index is 7.64. The molecular formula is C10H13N3O. The lowest BCUT2D eigenvalue weighted by Gasteiger charge is -2.01. The van der Waals surface area contributed by atoms with Crippen LogP contribution in [0.25, 0.3) is 0 Å². The van der Waals surface area contributed by atoms with Gasteiger partial charge in [0.2, 0.25) is 0 Å². The third-order valence-corrected chi connectivity index (χ3v) is 1.72. The van der Waals surface area contributed by atoms with Crippen LogP contribution in [0.2, 0.25) is 0 Å². The van der Waals surface area contributed by atoms with Crippen molar-refractivity contribution in [3.8, 4) is 0 Å². The first-order chi connectivity index (χ1) is 6.63. The molecule has 0 aliphatic rings. The van der Waals surface area contributed by atoms with Crippen LogP contribution in [0.4, 0.5) is 5.69 Å². The fraction of sp³-hybridized carbons (Fsp3) is 0.200. The molecule has 14 heavy (non-hydrogen) atoms. The molecule has 0 spiro atoms. The number of ether oxygens (including phenoxy) is 1. The molecular weight excluding hydrogens is 178 g/mol. The number of methoxy groups -OCH3 is 1. The normalized spacial score (nSPS) is 11.1. The maximum absolute atomic E-state index is 7.64. The fourth-order valence-electron chi connectivity index (χ4n) is 0.954. The van der Waals surface area contributed by atoms with E-state index < -0.39 is 0 Å². The largest absolute Gasteiger partial charge is 0.484 e. The molecule has 0 aliphatic carbocycles. The van der Waals surface area contributed by atoms with Crippen LogP contribution in [0.15, 0.2) is 29.3 Å².